The summed E-state index contributed by atoms with van der Waals surface area (Å²) in [6, 6.07) is 2.27. The summed E-state index contributed by atoms with van der Waals surface area (Å²) >= 11 is 0. The van der Waals surface area contributed by atoms with Crippen LogP contribution < -0.4 is 10.6 Å². The van der Waals surface area contributed by atoms with Crippen LogP contribution in [0.5, 0.6) is 0 Å². The van der Waals surface area contributed by atoms with Crippen LogP contribution in [0.3, 0.4) is 0 Å². The van der Waals surface area contributed by atoms with Gasteiger partial charge in [-0.05, 0) is 38.5 Å². The Bertz CT molecular complexity index is 179. The van der Waals surface area contributed by atoms with E-state index in [0.29, 0.717) is 6.04 Å². The predicted molar refractivity (Wildman–Crippen MR) is 65.0 cm³/mol. The van der Waals surface area contributed by atoms with E-state index in [4.69, 9.17) is 0 Å². The standard InChI is InChI=1S/C13H26N2/c1-3-10(2)14-9-12-8-11-6-4-5-7-13(11)15-12/h10-15H,3-9H2,1-2H3. The van der Waals surface area contributed by atoms with Gasteiger partial charge in [0.1, 0.15) is 0 Å². The van der Waals surface area contributed by atoms with Gasteiger partial charge in [0.2, 0.25) is 0 Å². The molecule has 0 amide bonds. The van der Waals surface area contributed by atoms with Gasteiger partial charge in [-0.3, -0.25) is 0 Å². The lowest BCUT2D eigenvalue weighted by atomic mass is 9.85. The van der Waals surface area contributed by atoms with Crippen molar-refractivity contribution in [3.8, 4) is 0 Å². The molecule has 2 fully saturated rings. The van der Waals surface area contributed by atoms with E-state index in [1.54, 1.807) is 0 Å². The van der Waals surface area contributed by atoms with Gasteiger partial charge in [-0.1, -0.05) is 19.8 Å². The molecule has 2 rings (SSSR count). The SMILES string of the molecule is CCC(C)NCC1CC2CCCCC2N1. The minimum absolute atomic E-state index is 0.675. The summed E-state index contributed by atoms with van der Waals surface area (Å²) in [6.07, 6.45) is 8.45. The molecular weight excluding hydrogens is 184 g/mol. The molecule has 0 radical (unpaired) electrons. The molecular formula is C13H26N2. The van der Waals surface area contributed by atoms with E-state index in [0.717, 1.165) is 18.0 Å². The van der Waals surface area contributed by atoms with E-state index in [1.165, 1.54) is 45.1 Å². The second-order valence-electron chi connectivity index (χ2n) is 5.47. The molecule has 1 aliphatic heterocycles. The topological polar surface area (TPSA) is 24.1 Å². The molecule has 2 nitrogen and oxygen atoms in total. The van der Waals surface area contributed by atoms with Gasteiger partial charge in [0.15, 0.2) is 0 Å². The van der Waals surface area contributed by atoms with Crippen molar-refractivity contribution in [2.45, 2.75) is 70.5 Å². The van der Waals surface area contributed by atoms with E-state index in [1.807, 2.05) is 0 Å². The van der Waals surface area contributed by atoms with Crippen LogP contribution in [0, 0.1) is 5.92 Å². The monoisotopic (exact) mass is 210 g/mol. The molecule has 0 spiro atoms. The normalized spacial score (nSPS) is 37.6. The van der Waals surface area contributed by atoms with Crippen LogP contribution in [-0.2, 0) is 0 Å². The van der Waals surface area contributed by atoms with Gasteiger partial charge in [-0.25, -0.2) is 0 Å². The van der Waals surface area contributed by atoms with E-state index in [9.17, 15) is 0 Å². The average molecular weight is 210 g/mol. The third kappa shape index (κ3) is 2.94. The Labute approximate surface area is 94.2 Å². The van der Waals surface area contributed by atoms with E-state index in [2.05, 4.69) is 24.5 Å². The molecule has 2 N–H and O–H groups in total. The van der Waals surface area contributed by atoms with Crippen LogP contribution in [0.1, 0.15) is 52.4 Å². The van der Waals surface area contributed by atoms with Crippen molar-refractivity contribution in [2.24, 2.45) is 5.92 Å². The molecule has 1 aliphatic carbocycles. The van der Waals surface area contributed by atoms with Gasteiger partial charge >= 0.3 is 0 Å². The summed E-state index contributed by atoms with van der Waals surface area (Å²) in [5.74, 6) is 0.988. The van der Waals surface area contributed by atoms with Gasteiger partial charge in [-0.15, -0.1) is 0 Å². The highest BCUT2D eigenvalue weighted by Gasteiger charge is 2.34. The molecule has 88 valence electrons. The highest BCUT2D eigenvalue weighted by molar-refractivity contribution is 4.93. The first kappa shape index (κ1) is 11.4. The Morgan fingerprint density at radius 1 is 1.33 bits per heavy atom. The van der Waals surface area contributed by atoms with Crippen molar-refractivity contribution in [1.29, 1.82) is 0 Å². The molecule has 0 aromatic heterocycles. The smallest absolute Gasteiger partial charge is 0.0198 e. The number of hydrogen-bond donors (Lipinski definition) is 2. The maximum absolute atomic E-state index is 3.81. The predicted octanol–water partition coefficient (Wildman–Crippen LogP) is 2.30. The van der Waals surface area contributed by atoms with E-state index < -0.39 is 0 Å². The zero-order chi connectivity index (χ0) is 10.7. The Kier molecular flexibility index (Phi) is 4.04. The minimum atomic E-state index is 0.675. The Morgan fingerprint density at radius 2 is 2.13 bits per heavy atom. The van der Waals surface area contributed by atoms with Gasteiger partial charge in [-0.2, -0.15) is 0 Å². The Morgan fingerprint density at radius 3 is 2.87 bits per heavy atom. The number of fused-ring (bicyclic) bond motifs is 1. The molecule has 4 unspecified atom stereocenters. The van der Waals surface area contributed by atoms with Crippen molar-refractivity contribution in [2.75, 3.05) is 6.54 Å². The third-order valence-corrected chi connectivity index (χ3v) is 4.27. The van der Waals surface area contributed by atoms with Crippen LogP contribution >= 0.6 is 0 Å². The fourth-order valence-electron chi connectivity index (χ4n) is 3.08. The van der Waals surface area contributed by atoms with Crippen LogP contribution in [-0.4, -0.2) is 24.7 Å². The second-order valence-corrected chi connectivity index (χ2v) is 5.47. The molecule has 2 heteroatoms. The lowest BCUT2D eigenvalue weighted by Crippen LogP contribution is -2.40. The highest BCUT2D eigenvalue weighted by atomic mass is 15.1. The fraction of sp³-hybridized carbons (Fsp3) is 1.00. The number of nitrogens with one attached hydrogen (secondary N) is 2. The van der Waals surface area contributed by atoms with Crippen molar-refractivity contribution >= 4 is 0 Å². The largest absolute Gasteiger partial charge is 0.313 e. The van der Waals surface area contributed by atoms with Crippen LogP contribution in [0.2, 0.25) is 0 Å². The molecule has 0 aromatic carbocycles. The molecule has 2 aliphatic rings. The Balaban J connectivity index is 1.72. The first-order valence-electron chi connectivity index (χ1n) is 6.79. The molecule has 1 heterocycles. The van der Waals surface area contributed by atoms with Gasteiger partial charge in [0, 0.05) is 24.7 Å². The summed E-state index contributed by atoms with van der Waals surface area (Å²) in [5, 5.41) is 7.43. The minimum Gasteiger partial charge on any atom is -0.313 e. The lowest BCUT2D eigenvalue weighted by Gasteiger charge is -2.24. The van der Waals surface area contributed by atoms with Crippen molar-refractivity contribution in [3.63, 3.8) is 0 Å². The van der Waals surface area contributed by atoms with E-state index >= 15 is 0 Å². The molecule has 1 saturated heterocycles. The maximum Gasteiger partial charge on any atom is 0.0198 e. The first-order valence-corrected chi connectivity index (χ1v) is 6.79. The van der Waals surface area contributed by atoms with Gasteiger partial charge in [0.25, 0.3) is 0 Å². The molecule has 15 heavy (non-hydrogen) atoms. The Hall–Kier alpha value is -0.0800. The fourth-order valence-corrected chi connectivity index (χ4v) is 3.08. The second kappa shape index (κ2) is 5.31. The number of rotatable bonds is 4. The van der Waals surface area contributed by atoms with Crippen molar-refractivity contribution < 1.29 is 0 Å². The van der Waals surface area contributed by atoms with Crippen LogP contribution in [0.4, 0.5) is 0 Å². The average Bonchev–Trinajstić information content (AvgIpc) is 2.68. The molecule has 0 aromatic rings. The summed E-state index contributed by atoms with van der Waals surface area (Å²) < 4.78 is 0. The summed E-state index contributed by atoms with van der Waals surface area (Å²) in [5.41, 5.74) is 0. The van der Waals surface area contributed by atoms with Crippen molar-refractivity contribution in [1.82, 2.24) is 10.6 Å². The molecule has 0 bridgehead atoms. The van der Waals surface area contributed by atoms with Crippen LogP contribution in [0.25, 0.3) is 0 Å². The summed E-state index contributed by atoms with van der Waals surface area (Å²) in [7, 11) is 0. The highest BCUT2D eigenvalue weighted by Crippen LogP contribution is 2.32. The third-order valence-electron chi connectivity index (χ3n) is 4.27. The van der Waals surface area contributed by atoms with Crippen LogP contribution in [0.15, 0.2) is 0 Å². The first-order chi connectivity index (χ1) is 7.29. The zero-order valence-electron chi connectivity index (χ0n) is 10.3. The van der Waals surface area contributed by atoms with Crippen molar-refractivity contribution in [3.05, 3.63) is 0 Å². The summed E-state index contributed by atoms with van der Waals surface area (Å²) in [6.45, 7) is 5.70. The quantitative estimate of drug-likeness (QED) is 0.744. The van der Waals surface area contributed by atoms with Gasteiger partial charge < -0.3 is 10.6 Å². The number of hydrogen-bond acceptors (Lipinski definition) is 2. The van der Waals surface area contributed by atoms with E-state index in [-0.39, 0.29) is 0 Å². The zero-order valence-corrected chi connectivity index (χ0v) is 10.3. The molecule has 1 saturated carbocycles. The lowest BCUT2D eigenvalue weighted by molar-refractivity contribution is 0.325. The molecule has 4 atom stereocenters. The van der Waals surface area contributed by atoms with Gasteiger partial charge in [0.05, 0.1) is 0 Å². The maximum atomic E-state index is 3.81. The summed E-state index contributed by atoms with van der Waals surface area (Å²) in [4.78, 5) is 0.